The maximum absolute atomic E-state index is 11.5. The van der Waals surface area contributed by atoms with E-state index >= 15 is 0 Å². The van der Waals surface area contributed by atoms with Crippen molar-refractivity contribution in [2.45, 2.75) is 20.3 Å². The van der Waals surface area contributed by atoms with Gasteiger partial charge < -0.3 is 10.6 Å². The van der Waals surface area contributed by atoms with Gasteiger partial charge in [-0.05, 0) is 25.0 Å². The predicted octanol–water partition coefficient (Wildman–Crippen LogP) is 3.87. The number of fused-ring (bicyclic) bond motifs is 1. The monoisotopic (exact) mass is 344 g/mol. The van der Waals surface area contributed by atoms with Crippen LogP contribution in [0.1, 0.15) is 18.9 Å². The Bertz CT molecular complexity index is 895. The molecule has 0 spiro atoms. The molecular weight excluding hydrogens is 328 g/mol. The minimum absolute atomic E-state index is 0.130. The van der Waals surface area contributed by atoms with Crippen LogP contribution in [-0.2, 0) is 0 Å². The minimum atomic E-state index is -0.487. The molecule has 2 aromatic heterocycles. The standard InChI is InChI=1S/C15H16N6O2S/c1-3-7-16-13-12(21(22)23)14(18-8-17-13)20-15-19-11-9(2)5-4-6-10(11)24-15/h4-6,8H,3,7H2,1-2H3,(H2,16,17,18,19,20). The normalized spacial score (nSPS) is 10.8. The van der Waals surface area contributed by atoms with Gasteiger partial charge in [-0.2, -0.15) is 0 Å². The lowest BCUT2D eigenvalue weighted by Gasteiger charge is -2.07. The molecule has 0 atom stereocenters. The van der Waals surface area contributed by atoms with Crippen LogP contribution >= 0.6 is 11.3 Å². The summed E-state index contributed by atoms with van der Waals surface area (Å²) in [5, 5.41) is 17.9. The number of rotatable bonds is 6. The zero-order chi connectivity index (χ0) is 17.1. The highest BCUT2D eigenvalue weighted by molar-refractivity contribution is 7.22. The number of nitrogens with zero attached hydrogens (tertiary/aromatic N) is 4. The van der Waals surface area contributed by atoms with Gasteiger partial charge in [0.1, 0.15) is 6.33 Å². The third-order valence-electron chi connectivity index (χ3n) is 3.39. The van der Waals surface area contributed by atoms with Gasteiger partial charge in [0, 0.05) is 6.54 Å². The van der Waals surface area contributed by atoms with Gasteiger partial charge in [0.15, 0.2) is 5.13 Å². The molecule has 0 bridgehead atoms. The Labute approximate surface area is 142 Å². The molecule has 0 aliphatic heterocycles. The number of benzene rings is 1. The Balaban J connectivity index is 1.98. The van der Waals surface area contributed by atoms with Crippen molar-refractivity contribution in [3.05, 3.63) is 40.2 Å². The summed E-state index contributed by atoms with van der Waals surface area (Å²) in [5.41, 5.74) is 1.76. The van der Waals surface area contributed by atoms with Gasteiger partial charge in [0.2, 0.25) is 11.6 Å². The van der Waals surface area contributed by atoms with Gasteiger partial charge in [-0.3, -0.25) is 10.1 Å². The van der Waals surface area contributed by atoms with Crippen LogP contribution in [0.15, 0.2) is 24.5 Å². The molecule has 0 aliphatic rings. The molecule has 9 heteroatoms. The number of nitro groups is 1. The summed E-state index contributed by atoms with van der Waals surface area (Å²) in [4.78, 5) is 23.5. The number of anilines is 3. The summed E-state index contributed by atoms with van der Waals surface area (Å²) >= 11 is 1.42. The molecule has 3 aromatic rings. The molecule has 0 fully saturated rings. The van der Waals surface area contributed by atoms with Crippen molar-refractivity contribution >= 4 is 44.0 Å². The largest absolute Gasteiger partial charge is 0.364 e. The minimum Gasteiger partial charge on any atom is -0.364 e. The number of thiazole rings is 1. The highest BCUT2D eigenvalue weighted by atomic mass is 32.1. The Kier molecular flexibility index (Phi) is 4.52. The first-order chi connectivity index (χ1) is 11.6. The van der Waals surface area contributed by atoms with Crippen LogP contribution in [0.25, 0.3) is 10.2 Å². The van der Waals surface area contributed by atoms with E-state index in [1.807, 2.05) is 32.0 Å². The van der Waals surface area contributed by atoms with Crippen molar-refractivity contribution in [1.29, 1.82) is 0 Å². The summed E-state index contributed by atoms with van der Waals surface area (Å²) in [7, 11) is 0. The molecule has 0 saturated heterocycles. The Hall–Kier alpha value is -2.81. The zero-order valence-corrected chi connectivity index (χ0v) is 14.1. The fourth-order valence-electron chi connectivity index (χ4n) is 2.26. The average molecular weight is 344 g/mol. The quantitative estimate of drug-likeness (QED) is 0.516. The Morgan fingerprint density at radius 1 is 1.29 bits per heavy atom. The zero-order valence-electron chi connectivity index (χ0n) is 13.2. The molecule has 0 saturated carbocycles. The van der Waals surface area contributed by atoms with Gasteiger partial charge in [-0.1, -0.05) is 30.4 Å². The fraction of sp³-hybridized carbons (Fsp3) is 0.267. The van der Waals surface area contributed by atoms with Crippen LogP contribution in [0, 0.1) is 17.0 Å². The van der Waals surface area contributed by atoms with Crippen LogP contribution in [0.4, 0.5) is 22.5 Å². The SMILES string of the molecule is CCCNc1ncnc(Nc2nc3c(C)cccc3s2)c1[N+](=O)[O-]. The summed E-state index contributed by atoms with van der Waals surface area (Å²) in [6, 6.07) is 5.90. The summed E-state index contributed by atoms with van der Waals surface area (Å²) in [5.74, 6) is 0.335. The number of hydrogen-bond donors (Lipinski definition) is 2. The van der Waals surface area contributed by atoms with E-state index in [2.05, 4.69) is 25.6 Å². The lowest BCUT2D eigenvalue weighted by Crippen LogP contribution is -2.08. The molecule has 0 unspecified atom stereocenters. The third-order valence-corrected chi connectivity index (χ3v) is 4.33. The van der Waals surface area contributed by atoms with Gasteiger partial charge in [-0.25, -0.2) is 15.0 Å². The highest BCUT2D eigenvalue weighted by Gasteiger charge is 2.23. The predicted molar refractivity (Wildman–Crippen MR) is 95.1 cm³/mol. The molecule has 8 nitrogen and oxygen atoms in total. The van der Waals surface area contributed by atoms with E-state index in [9.17, 15) is 10.1 Å². The molecule has 1 aromatic carbocycles. The van der Waals surface area contributed by atoms with Gasteiger partial charge in [-0.15, -0.1) is 0 Å². The van der Waals surface area contributed by atoms with E-state index < -0.39 is 4.92 Å². The Morgan fingerprint density at radius 3 is 2.79 bits per heavy atom. The molecule has 0 amide bonds. The van der Waals surface area contributed by atoms with Crippen molar-refractivity contribution in [1.82, 2.24) is 15.0 Å². The van der Waals surface area contributed by atoms with Crippen LogP contribution < -0.4 is 10.6 Å². The number of aromatic nitrogens is 3. The first kappa shape index (κ1) is 16.1. The number of nitrogens with one attached hydrogen (secondary N) is 2. The van der Waals surface area contributed by atoms with Crippen LogP contribution in [0.2, 0.25) is 0 Å². The second-order valence-electron chi connectivity index (χ2n) is 5.17. The van der Waals surface area contributed by atoms with Crippen molar-refractivity contribution < 1.29 is 4.92 Å². The van der Waals surface area contributed by atoms with Gasteiger partial charge in [0.25, 0.3) is 0 Å². The fourth-order valence-corrected chi connectivity index (χ4v) is 3.20. The van der Waals surface area contributed by atoms with Crippen LogP contribution in [-0.4, -0.2) is 26.4 Å². The molecular formula is C15H16N6O2S. The van der Waals surface area contributed by atoms with E-state index in [-0.39, 0.29) is 17.3 Å². The van der Waals surface area contributed by atoms with E-state index in [1.54, 1.807) is 0 Å². The van der Waals surface area contributed by atoms with Crippen molar-refractivity contribution in [3.63, 3.8) is 0 Å². The second kappa shape index (κ2) is 6.75. The number of hydrogen-bond acceptors (Lipinski definition) is 8. The summed E-state index contributed by atoms with van der Waals surface area (Å²) < 4.78 is 1.01. The first-order valence-electron chi connectivity index (χ1n) is 7.46. The number of aryl methyl sites for hydroxylation is 1. The second-order valence-corrected chi connectivity index (χ2v) is 6.20. The summed E-state index contributed by atoms with van der Waals surface area (Å²) in [6.07, 6.45) is 2.13. The van der Waals surface area contributed by atoms with Gasteiger partial charge >= 0.3 is 5.69 Å². The molecule has 24 heavy (non-hydrogen) atoms. The molecule has 2 heterocycles. The smallest absolute Gasteiger partial charge is 0.353 e. The lowest BCUT2D eigenvalue weighted by molar-refractivity contribution is -0.383. The van der Waals surface area contributed by atoms with E-state index in [0.29, 0.717) is 11.7 Å². The summed E-state index contributed by atoms with van der Waals surface area (Å²) in [6.45, 7) is 4.55. The van der Waals surface area contributed by atoms with Crippen molar-refractivity contribution in [3.8, 4) is 0 Å². The molecule has 3 rings (SSSR count). The lowest BCUT2D eigenvalue weighted by atomic mass is 10.2. The molecule has 0 radical (unpaired) electrons. The molecule has 0 aliphatic carbocycles. The number of para-hydroxylation sites is 1. The van der Waals surface area contributed by atoms with Gasteiger partial charge in [0.05, 0.1) is 15.1 Å². The topological polar surface area (TPSA) is 106 Å². The van der Waals surface area contributed by atoms with Crippen molar-refractivity contribution in [2.24, 2.45) is 0 Å². The Morgan fingerprint density at radius 2 is 2.08 bits per heavy atom. The first-order valence-corrected chi connectivity index (χ1v) is 8.28. The maximum atomic E-state index is 11.5. The third kappa shape index (κ3) is 3.11. The average Bonchev–Trinajstić information content (AvgIpc) is 2.96. The van der Waals surface area contributed by atoms with Crippen molar-refractivity contribution in [2.75, 3.05) is 17.2 Å². The highest BCUT2D eigenvalue weighted by Crippen LogP contribution is 2.34. The molecule has 2 N–H and O–H groups in total. The van der Waals surface area contributed by atoms with E-state index in [0.717, 1.165) is 22.2 Å². The van der Waals surface area contributed by atoms with Crippen LogP contribution in [0.5, 0.6) is 0 Å². The maximum Gasteiger partial charge on any atom is 0.353 e. The van der Waals surface area contributed by atoms with E-state index in [1.165, 1.54) is 17.7 Å². The van der Waals surface area contributed by atoms with Crippen LogP contribution in [0.3, 0.4) is 0 Å². The molecule has 124 valence electrons. The van der Waals surface area contributed by atoms with E-state index in [4.69, 9.17) is 0 Å².